The number of nitrogens with two attached hydrogens (primary N) is 1. The Bertz CT molecular complexity index is 1100. The van der Waals surface area contributed by atoms with Gasteiger partial charge in [0.2, 0.25) is 0 Å². The van der Waals surface area contributed by atoms with Gasteiger partial charge in [0, 0.05) is 11.1 Å². The molecule has 7 nitrogen and oxygen atoms in total. The van der Waals surface area contributed by atoms with E-state index >= 15 is 0 Å². The lowest BCUT2D eigenvalue weighted by Crippen LogP contribution is -2.07. The monoisotopic (exact) mass is 396 g/mol. The zero-order valence-corrected chi connectivity index (χ0v) is 15.6. The molecule has 3 N–H and O–H groups in total. The van der Waals surface area contributed by atoms with E-state index in [2.05, 4.69) is 9.72 Å². The number of methoxy groups -OCH3 is 2. The molecule has 0 bridgehead atoms. The molecule has 2 aromatic carbocycles. The van der Waals surface area contributed by atoms with E-state index in [0.29, 0.717) is 16.7 Å². The molecule has 8 heteroatoms. The zero-order chi connectivity index (χ0) is 21.1. The number of pyridine rings is 1. The second-order valence-electron chi connectivity index (χ2n) is 6.04. The van der Waals surface area contributed by atoms with Gasteiger partial charge in [-0.2, -0.15) is 0 Å². The minimum Gasteiger partial charge on any atom is -0.494 e. The van der Waals surface area contributed by atoms with Crippen molar-refractivity contribution in [3.63, 3.8) is 0 Å². The number of hydrogen-bond acceptors (Lipinski definition) is 6. The van der Waals surface area contributed by atoms with Gasteiger partial charge in [0.1, 0.15) is 0 Å². The van der Waals surface area contributed by atoms with Crippen LogP contribution in [0.25, 0.3) is 22.5 Å². The van der Waals surface area contributed by atoms with Crippen molar-refractivity contribution in [3.8, 4) is 28.3 Å². The smallest absolute Gasteiger partial charge is 0.337 e. The molecule has 148 valence electrons. The maximum Gasteiger partial charge on any atom is 0.337 e. The van der Waals surface area contributed by atoms with Crippen LogP contribution in [0, 0.1) is 5.82 Å². The van der Waals surface area contributed by atoms with Crippen molar-refractivity contribution in [2.24, 2.45) is 0 Å². The van der Waals surface area contributed by atoms with E-state index in [1.54, 1.807) is 18.2 Å². The summed E-state index contributed by atoms with van der Waals surface area (Å²) in [6, 6.07) is 11.7. The summed E-state index contributed by atoms with van der Waals surface area (Å²) in [6.07, 6.45) is 0. The molecular weight excluding hydrogens is 379 g/mol. The molecule has 0 amide bonds. The lowest BCUT2D eigenvalue weighted by Gasteiger charge is -2.12. The Morgan fingerprint density at radius 1 is 1.03 bits per heavy atom. The van der Waals surface area contributed by atoms with E-state index in [9.17, 15) is 19.1 Å². The number of carboxylic acids is 1. The third kappa shape index (κ3) is 3.86. The average molecular weight is 396 g/mol. The molecular formula is C21H17FN2O5. The molecule has 29 heavy (non-hydrogen) atoms. The van der Waals surface area contributed by atoms with E-state index in [4.69, 9.17) is 10.5 Å². The fourth-order valence-electron chi connectivity index (χ4n) is 2.81. The van der Waals surface area contributed by atoms with Gasteiger partial charge in [-0.05, 0) is 36.4 Å². The molecule has 0 saturated carbocycles. The third-order valence-electron chi connectivity index (χ3n) is 4.32. The number of halogens is 1. The summed E-state index contributed by atoms with van der Waals surface area (Å²) in [5, 5.41) is 9.53. The van der Waals surface area contributed by atoms with Gasteiger partial charge < -0.3 is 20.3 Å². The van der Waals surface area contributed by atoms with Crippen molar-refractivity contribution in [3.05, 3.63) is 65.5 Å². The number of aromatic carboxylic acids is 1. The highest BCUT2D eigenvalue weighted by Gasteiger charge is 2.18. The van der Waals surface area contributed by atoms with E-state index in [1.165, 1.54) is 44.6 Å². The SMILES string of the molecule is COC(=O)c1ccc(-c2nc(-c3ccc(OC)c(F)c3)cc(C(=O)O)c2N)cc1. The van der Waals surface area contributed by atoms with E-state index < -0.39 is 17.8 Å². The Morgan fingerprint density at radius 3 is 2.24 bits per heavy atom. The van der Waals surface area contributed by atoms with E-state index in [1.807, 2.05) is 0 Å². The molecule has 0 radical (unpaired) electrons. The zero-order valence-electron chi connectivity index (χ0n) is 15.6. The first-order valence-corrected chi connectivity index (χ1v) is 8.42. The molecule has 0 unspecified atom stereocenters. The maximum absolute atomic E-state index is 14.1. The number of benzene rings is 2. The van der Waals surface area contributed by atoms with Crippen LogP contribution in [0.5, 0.6) is 5.75 Å². The van der Waals surface area contributed by atoms with Crippen molar-refractivity contribution in [2.45, 2.75) is 0 Å². The fraction of sp³-hybridized carbons (Fsp3) is 0.0952. The van der Waals surface area contributed by atoms with Gasteiger partial charge in [0.05, 0.1) is 42.4 Å². The topological polar surface area (TPSA) is 112 Å². The standard InChI is InChI=1S/C21H17FN2O5/c1-28-17-8-7-13(9-15(17)22)16-10-14(20(25)26)18(23)19(24-16)11-3-5-12(6-4-11)21(27)29-2/h3-10H,23H2,1-2H3,(H,25,26). The van der Waals surface area contributed by atoms with Crippen molar-refractivity contribution in [2.75, 3.05) is 20.0 Å². The van der Waals surface area contributed by atoms with Gasteiger partial charge in [0.15, 0.2) is 11.6 Å². The molecule has 0 aliphatic carbocycles. The molecule has 3 rings (SSSR count). The highest BCUT2D eigenvalue weighted by molar-refractivity contribution is 5.99. The van der Waals surface area contributed by atoms with Crippen LogP contribution in [0.1, 0.15) is 20.7 Å². The highest BCUT2D eigenvalue weighted by atomic mass is 19.1. The molecule has 0 saturated heterocycles. The number of nitrogen functional groups attached to an aromatic ring is 1. The Balaban J connectivity index is 2.16. The van der Waals surface area contributed by atoms with Crippen LogP contribution in [-0.2, 0) is 4.74 Å². The van der Waals surface area contributed by atoms with Crippen LogP contribution in [0.15, 0.2) is 48.5 Å². The van der Waals surface area contributed by atoms with Crippen LogP contribution in [-0.4, -0.2) is 36.2 Å². The Hall–Kier alpha value is -3.94. The lowest BCUT2D eigenvalue weighted by molar-refractivity contribution is 0.0600. The second kappa shape index (κ2) is 7.97. The number of rotatable bonds is 5. The number of esters is 1. The molecule has 1 heterocycles. The molecule has 0 fully saturated rings. The van der Waals surface area contributed by atoms with Crippen LogP contribution in [0.4, 0.5) is 10.1 Å². The minimum absolute atomic E-state index is 0.0407. The first kappa shape index (κ1) is 19.8. The fourth-order valence-corrected chi connectivity index (χ4v) is 2.81. The number of ether oxygens (including phenoxy) is 2. The minimum atomic E-state index is -1.24. The normalized spacial score (nSPS) is 10.4. The predicted molar refractivity (Wildman–Crippen MR) is 104 cm³/mol. The molecule has 0 aliphatic heterocycles. The summed E-state index contributed by atoms with van der Waals surface area (Å²) in [5.74, 6) is -2.30. The van der Waals surface area contributed by atoms with Gasteiger partial charge >= 0.3 is 11.9 Å². The molecule has 3 aromatic rings. The van der Waals surface area contributed by atoms with Gasteiger partial charge in [-0.25, -0.2) is 19.0 Å². The second-order valence-corrected chi connectivity index (χ2v) is 6.04. The number of aromatic nitrogens is 1. The number of carbonyl (C=O) groups excluding carboxylic acids is 1. The number of anilines is 1. The quantitative estimate of drug-likeness (QED) is 0.633. The summed E-state index contributed by atoms with van der Waals surface area (Å²) in [6.45, 7) is 0. The molecule has 1 aromatic heterocycles. The van der Waals surface area contributed by atoms with Crippen molar-refractivity contribution in [1.82, 2.24) is 4.98 Å². The Labute approximate surface area is 165 Å². The molecule has 0 atom stereocenters. The third-order valence-corrected chi connectivity index (χ3v) is 4.32. The van der Waals surface area contributed by atoms with Crippen molar-refractivity contribution < 1.29 is 28.6 Å². The van der Waals surface area contributed by atoms with Crippen LogP contribution >= 0.6 is 0 Å². The summed E-state index contributed by atoms with van der Waals surface area (Å²) in [7, 11) is 2.62. The average Bonchev–Trinajstić information content (AvgIpc) is 2.73. The maximum atomic E-state index is 14.1. The number of carbonyl (C=O) groups is 2. The van der Waals surface area contributed by atoms with Gasteiger partial charge in [-0.1, -0.05) is 12.1 Å². The summed E-state index contributed by atoms with van der Waals surface area (Å²) in [5.41, 5.74) is 7.43. The van der Waals surface area contributed by atoms with E-state index in [0.717, 1.165) is 0 Å². The Morgan fingerprint density at radius 2 is 1.69 bits per heavy atom. The Kier molecular flexibility index (Phi) is 5.45. The van der Waals surface area contributed by atoms with E-state index in [-0.39, 0.29) is 28.4 Å². The number of carboxylic acid groups (broad SMARTS) is 1. The number of nitrogens with zero attached hydrogens (tertiary/aromatic N) is 1. The highest BCUT2D eigenvalue weighted by Crippen LogP contribution is 2.32. The number of hydrogen-bond donors (Lipinski definition) is 2. The summed E-state index contributed by atoms with van der Waals surface area (Å²) < 4.78 is 23.7. The van der Waals surface area contributed by atoms with Crippen molar-refractivity contribution in [1.29, 1.82) is 0 Å². The largest absolute Gasteiger partial charge is 0.494 e. The first-order chi connectivity index (χ1) is 13.8. The first-order valence-electron chi connectivity index (χ1n) is 8.42. The van der Waals surface area contributed by atoms with Crippen LogP contribution < -0.4 is 10.5 Å². The van der Waals surface area contributed by atoms with Crippen molar-refractivity contribution >= 4 is 17.6 Å². The van der Waals surface area contributed by atoms with Gasteiger partial charge in [-0.3, -0.25) is 0 Å². The van der Waals surface area contributed by atoms with Crippen LogP contribution in [0.3, 0.4) is 0 Å². The summed E-state index contributed by atoms with van der Waals surface area (Å²) >= 11 is 0. The predicted octanol–water partition coefficient (Wildman–Crippen LogP) is 3.63. The lowest BCUT2D eigenvalue weighted by atomic mass is 10.0. The van der Waals surface area contributed by atoms with Gasteiger partial charge in [0.25, 0.3) is 0 Å². The van der Waals surface area contributed by atoms with Crippen LogP contribution in [0.2, 0.25) is 0 Å². The van der Waals surface area contributed by atoms with Gasteiger partial charge in [-0.15, -0.1) is 0 Å². The molecule has 0 aliphatic rings. The summed E-state index contributed by atoms with van der Waals surface area (Å²) in [4.78, 5) is 27.7. The molecule has 0 spiro atoms.